The monoisotopic (exact) mass is 372 g/mol. The lowest BCUT2D eigenvalue weighted by Crippen LogP contribution is -2.36. The van der Waals surface area contributed by atoms with Gasteiger partial charge in [0.2, 0.25) is 10.0 Å². The standard InChI is InChI=1S/C16H24N2O6S/c1-5-17-15(19)12(3)24-16(20)13-6-8-14(9-7-13)25(21,22)18-11(2)10-23-4/h6-9,11-12,18H,5,10H2,1-4H3,(H,17,19)/t11-,12+/m0/s1. The highest BCUT2D eigenvalue weighted by molar-refractivity contribution is 7.89. The molecule has 25 heavy (non-hydrogen) atoms. The number of esters is 1. The van der Waals surface area contributed by atoms with Gasteiger partial charge in [-0.1, -0.05) is 0 Å². The molecule has 0 heterocycles. The molecule has 1 aromatic carbocycles. The van der Waals surface area contributed by atoms with E-state index in [9.17, 15) is 18.0 Å². The van der Waals surface area contributed by atoms with Gasteiger partial charge >= 0.3 is 5.97 Å². The van der Waals surface area contributed by atoms with Crippen LogP contribution in [0.15, 0.2) is 29.2 Å². The van der Waals surface area contributed by atoms with Crippen LogP contribution in [0, 0.1) is 0 Å². The van der Waals surface area contributed by atoms with Gasteiger partial charge in [0, 0.05) is 19.7 Å². The van der Waals surface area contributed by atoms with Crippen molar-refractivity contribution >= 4 is 21.9 Å². The van der Waals surface area contributed by atoms with E-state index in [0.29, 0.717) is 6.54 Å². The van der Waals surface area contributed by atoms with Gasteiger partial charge in [-0.2, -0.15) is 0 Å². The Morgan fingerprint density at radius 3 is 2.28 bits per heavy atom. The predicted molar refractivity (Wildman–Crippen MR) is 91.7 cm³/mol. The summed E-state index contributed by atoms with van der Waals surface area (Å²) in [6.07, 6.45) is -0.938. The number of nitrogens with one attached hydrogen (secondary N) is 2. The summed E-state index contributed by atoms with van der Waals surface area (Å²) in [4.78, 5) is 23.6. The van der Waals surface area contributed by atoms with E-state index in [1.807, 2.05) is 0 Å². The van der Waals surface area contributed by atoms with E-state index in [2.05, 4.69) is 10.0 Å². The smallest absolute Gasteiger partial charge is 0.338 e. The van der Waals surface area contributed by atoms with Gasteiger partial charge in [0.15, 0.2) is 6.10 Å². The fraction of sp³-hybridized carbons (Fsp3) is 0.500. The summed E-state index contributed by atoms with van der Waals surface area (Å²) in [5.41, 5.74) is 0.153. The van der Waals surface area contributed by atoms with Crippen molar-refractivity contribution in [2.45, 2.75) is 37.8 Å². The molecule has 8 nitrogen and oxygen atoms in total. The van der Waals surface area contributed by atoms with Gasteiger partial charge in [-0.15, -0.1) is 0 Å². The number of ether oxygens (including phenoxy) is 2. The molecular weight excluding hydrogens is 348 g/mol. The molecule has 0 aliphatic heterocycles. The number of benzene rings is 1. The fourth-order valence-electron chi connectivity index (χ4n) is 1.99. The van der Waals surface area contributed by atoms with Gasteiger partial charge in [-0.25, -0.2) is 17.9 Å². The molecule has 2 atom stereocenters. The molecule has 0 aromatic heterocycles. The SMILES string of the molecule is CCNC(=O)[C@@H](C)OC(=O)c1ccc(S(=O)(=O)N[C@@H](C)COC)cc1. The Morgan fingerprint density at radius 1 is 1.16 bits per heavy atom. The molecule has 0 saturated carbocycles. The molecule has 1 aromatic rings. The number of hydrogen-bond donors (Lipinski definition) is 2. The van der Waals surface area contributed by atoms with Crippen molar-refractivity contribution in [3.63, 3.8) is 0 Å². The fourth-order valence-corrected chi connectivity index (χ4v) is 3.22. The Labute approximate surface area is 147 Å². The minimum absolute atomic E-state index is 0.0174. The van der Waals surface area contributed by atoms with E-state index in [4.69, 9.17) is 9.47 Å². The number of sulfonamides is 1. The highest BCUT2D eigenvalue weighted by Gasteiger charge is 2.20. The predicted octanol–water partition coefficient (Wildman–Crippen LogP) is 0.681. The van der Waals surface area contributed by atoms with Crippen LogP contribution < -0.4 is 10.0 Å². The molecular formula is C16H24N2O6S. The summed E-state index contributed by atoms with van der Waals surface area (Å²) in [7, 11) is -2.24. The van der Waals surface area contributed by atoms with Crippen LogP contribution in [-0.2, 0) is 24.3 Å². The Bertz CT molecular complexity index is 687. The van der Waals surface area contributed by atoms with E-state index >= 15 is 0 Å². The van der Waals surface area contributed by atoms with E-state index in [-0.39, 0.29) is 17.1 Å². The second-order valence-corrected chi connectivity index (χ2v) is 7.16. The Kier molecular flexibility index (Phi) is 8.01. The zero-order valence-electron chi connectivity index (χ0n) is 14.7. The summed E-state index contributed by atoms with van der Waals surface area (Å²) in [6, 6.07) is 4.88. The third kappa shape index (κ3) is 6.45. The summed E-state index contributed by atoms with van der Waals surface area (Å²) >= 11 is 0. The highest BCUT2D eigenvalue weighted by Crippen LogP contribution is 2.13. The van der Waals surface area contributed by atoms with E-state index < -0.39 is 34.0 Å². The van der Waals surface area contributed by atoms with Crippen LogP contribution in [0.3, 0.4) is 0 Å². The summed E-state index contributed by atoms with van der Waals surface area (Å²) < 4.78 is 36.8. The summed E-state index contributed by atoms with van der Waals surface area (Å²) in [5.74, 6) is -1.10. The zero-order chi connectivity index (χ0) is 19.0. The van der Waals surface area contributed by atoms with Crippen molar-refractivity contribution in [1.29, 1.82) is 0 Å². The molecule has 0 spiro atoms. The van der Waals surface area contributed by atoms with Crippen LogP contribution >= 0.6 is 0 Å². The second kappa shape index (κ2) is 9.50. The van der Waals surface area contributed by atoms with Crippen LogP contribution in [-0.4, -0.2) is 52.7 Å². The molecule has 2 N–H and O–H groups in total. The van der Waals surface area contributed by atoms with Crippen molar-refractivity contribution < 1.29 is 27.5 Å². The molecule has 0 fully saturated rings. The van der Waals surface area contributed by atoms with Gasteiger partial charge < -0.3 is 14.8 Å². The van der Waals surface area contributed by atoms with Crippen LogP contribution in [0.2, 0.25) is 0 Å². The number of hydrogen-bond acceptors (Lipinski definition) is 6. The molecule has 0 aliphatic carbocycles. The number of carbonyl (C=O) groups excluding carboxylic acids is 2. The molecule has 140 valence electrons. The van der Waals surface area contributed by atoms with Crippen molar-refractivity contribution in [2.75, 3.05) is 20.3 Å². The van der Waals surface area contributed by atoms with Gasteiger partial charge in [-0.05, 0) is 45.0 Å². The maximum Gasteiger partial charge on any atom is 0.338 e. The molecule has 0 unspecified atom stereocenters. The summed E-state index contributed by atoms with van der Waals surface area (Å²) in [5, 5.41) is 2.55. The molecule has 0 aliphatic rings. The normalized spacial score (nSPS) is 13.8. The van der Waals surface area contributed by atoms with Crippen molar-refractivity contribution in [3.05, 3.63) is 29.8 Å². The van der Waals surface area contributed by atoms with E-state index in [1.165, 1.54) is 38.3 Å². The first kappa shape index (κ1) is 21.1. The Balaban J connectivity index is 2.78. The Morgan fingerprint density at radius 2 is 1.76 bits per heavy atom. The number of amides is 1. The third-order valence-electron chi connectivity index (χ3n) is 3.18. The van der Waals surface area contributed by atoms with Crippen LogP contribution in [0.5, 0.6) is 0 Å². The van der Waals surface area contributed by atoms with E-state index in [1.54, 1.807) is 13.8 Å². The quantitative estimate of drug-likeness (QED) is 0.617. The van der Waals surface area contributed by atoms with Crippen molar-refractivity contribution in [3.8, 4) is 0 Å². The Hall–Kier alpha value is -1.97. The lowest BCUT2D eigenvalue weighted by Gasteiger charge is -2.14. The molecule has 9 heteroatoms. The van der Waals surface area contributed by atoms with Gasteiger partial charge in [0.05, 0.1) is 17.1 Å². The number of likely N-dealkylation sites (N-methyl/N-ethyl adjacent to an activating group) is 1. The number of rotatable bonds is 9. The number of carbonyl (C=O) groups is 2. The third-order valence-corrected chi connectivity index (χ3v) is 4.78. The topological polar surface area (TPSA) is 111 Å². The molecule has 1 amide bonds. The van der Waals surface area contributed by atoms with Crippen molar-refractivity contribution in [1.82, 2.24) is 10.0 Å². The average molecular weight is 372 g/mol. The van der Waals surface area contributed by atoms with Gasteiger partial charge in [0.1, 0.15) is 0 Å². The molecule has 1 rings (SSSR count). The first-order valence-electron chi connectivity index (χ1n) is 7.81. The van der Waals surface area contributed by atoms with Crippen LogP contribution in [0.1, 0.15) is 31.1 Å². The maximum absolute atomic E-state index is 12.2. The maximum atomic E-state index is 12.2. The lowest BCUT2D eigenvalue weighted by atomic mass is 10.2. The second-order valence-electron chi connectivity index (χ2n) is 5.44. The van der Waals surface area contributed by atoms with Crippen molar-refractivity contribution in [2.24, 2.45) is 0 Å². The lowest BCUT2D eigenvalue weighted by molar-refractivity contribution is -0.128. The number of methoxy groups -OCH3 is 1. The minimum atomic E-state index is -3.71. The first-order valence-corrected chi connectivity index (χ1v) is 9.29. The van der Waals surface area contributed by atoms with Crippen LogP contribution in [0.4, 0.5) is 0 Å². The summed E-state index contributed by atoms with van der Waals surface area (Å²) in [6.45, 7) is 5.56. The van der Waals surface area contributed by atoms with E-state index in [0.717, 1.165) is 0 Å². The molecule has 0 bridgehead atoms. The minimum Gasteiger partial charge on any atom is -0.449 e. The van der Waals surface area contributed by atoms with Crippen LogP contribution in [0.25, 0.3) is 0 Å². The molecule has 0 radical (unpaired) electrons. The zero-order valence-corrected chi connectivity index (χ0v) is 15.6. The largest absolute Gasteiger partial charge is 0.449 e. The average Bonchev–Trinajstić information content (AvgIpc) is 2.54. The van der Waals surface area contributed by atoms with Gasteiger partial charge in [0.25, 0.3) is 5.91 Å². The van der Waals surface area contributed by atoms with Gasteiger partial charge in [-0.3, -0.25) is 4.79 Å². The highest BCUT2D eigenvalue weighted by atomic mass is 32.2. The molecule has 0 saturated heterocycles. The first-order chi connectivity index (χ1) is 11.7.